The maximum Gasteiger partial charge on any atom is 0.143 e. The molecule has 0 aliphatic carbocycles. The lowest BCUT2D eigenvalue weighted by molar-refractivity contribution is 0.256. The maximum absolute atomic E-state index is 9.19. The number of nitriles is 1. The van der Waals surface area contributed by atoms with Crippen molar-refractivity contribution in [3.63, 3.8) is 0 Å². The Balaban J connectivity index is 1.82. The molecule has 1 aliphatic heterocycles. The second kappa shape index (κ2) is 7.45. The molecule has 0 unspecified atom stereocenters. The van der Waals surface area contributed by atoms with Crippen molar-refractivity contribution in [3.05, 3.63) is 58.7 Å². The van der Waals surface area contributed by atoms with Crippen molar-refractivity contribution in [2.24, 2.45) is 0 Å². The Kier molecular flexibility index (Phi) is 5.12. The fourth-order valence-corrected chi connectivity index (χ4v) is 3.33. The molecular formula is C18H19ClN4. The van der Waals surface area contributed by atoms with Gasteiger partial charge in [-0.05, 0) is 49.7 Å². The number of hydrogen-bond acceptors (Lipinski definition) is 4. The van der Waals surface area contributed by atoms with Gasteiger partial charge in [0.15, 0.2) is 0 Å². The van der Waals surface area contributed by atoms with Gasteiger partial charge in [0.05, 0.1) is 11.6 Å². The fraction of sp³-hybridized carbons (Fsp3) is 0.333. The molecule has 1 aromatic heterocycles. The first-order chi connectivity index (χ1) is 11.3. The van der Waals surface area contributed by atoms with Crippen molar-refractivity contribution in [2.45, 2.75) is 18.9 Å². The van der Waals surface area contributed by atoms with E-state index in [9.17, 15) is 5.26 Å². The minimum atomic E-state index is 0.180. The summed E-state index contributed by atoms with van der Waals surface area (Å²) in [5.41, 5.74) is 1.69. The van der Waals surface area contributed by atoms with Gasteiger partial charge < -0.3 is 5.32 Å². The molecule has 2 aromatic rings. The highest BCUT2D eigenvalue weighted by atomic mass is 35.5. The molecule has 0 saturated carbocycles. The van der Waals surface area contributed by atoms with Crippen LogP contribution in [0.5, 0.6) is 0 Å². The highest BCUT2D eigenvalue weighted by Crippen LogP contribution is 2.30. The van der Waals surface area contributed by atoms with Crippen LogP contribution >= 0.6 is 11.6 Å². The van der Waals surface area contributed by atoms with E-state index >= 15 is 0 Å². The molecule has 23 heavy (non-hydrogen) atoms. The number of nitrogens with one attached hydrogen (secondary N) is 1. The summed E-state index contributed by atoms with van der Waals surface area (Å²) < 4.78 is 0. The SMILES string of the molecule is N#Cc1cccnc1NC[C@@H](c1ccccc1Cl)N1CCCC1. The molecule has 2 heterocycles. The van der Waals surface area contributed by atoms with Crippen molar-refractivity contribution < 1.29 is 0 Å². The lowest BCUT2D eigenvalue weighted by atomic mass is 10.1. The summed E-state index contributed by atoms with van der Waals surface area (Å²) in [4.78, 5) is 6.73. The smallest absolute Gasteiger partial charge is 0.143 e. The fourth-order valence-electron chi connectivity index (χ4n) is 3.06. The Morgan fingerprint density at radius 2 is 2.00 bits per heavy atom. The quantitative estimate of drug-likeness (QED) is 0.906. The van der Waals surface area contributed by atoms with E-state index in [0.29, 0.717) is 17.9 Å². The number of benzene rings is 1. The molecule has 4 nitrogen and oxygen atoms in total. The zero-order chi connectivity index (χ0) is 16.1. The van der Waals surface area contributed by atoms with E-state index in [2.05, 4.69) is 27.3 Å². The van der Waals surface area contributed by atoms with E-state index in [4.69, 9.17) is 11.6 Å². The van der Waals surface area contributed by atoms with Gasteiger partial charge in [-0.25, -0.2) is 4.98 Å². The molecule has 0 bridgehead atoms. The van der Waals surface area contributed by atoms with E-state index in [1.807, 2.05) is 18.2 Å². The second-order valence-corrected chi connectivity index (χ2v) is 6.08. The molecule has 1 aliphatic rings. The number of rotatable bonds is 5. The molecule has 3 rings (SSSR count). The molecule has 0 radical (unpaired) electrons. The van der Waals surface area contributed by atoms with Crippen molar-refractivity contribution >= 4 is 17.4 Å². The Labute approximate surface area is 141 Å². The van der Waals surface area contributed by atoms with Gasteiger partial charge in [-0.1, -0.05) is 29.8 Å². The predicted octanol–water partition coefficient (Wildman–Crippen LogP) is 3.86. The van der Waals surface area contributed by atoms with Gasteiger partial charge in [-0.3, -0.25) is 4.90 Å². The van der Waals surface area contributed by atoms with Crippen LogP contribution in [0.3, 0.4) is 0 Å². The zero-order valence-electron chi connectivity index (χ0n) is 12.9. The molecule has 118 valence electrons. The first-order valence-corrected chi connectivity index (χ1v) is 8.25. The third-order valence-electron chi connectivity index (χ3n) is 4.24. The molecule has 1 N–H and O–H groups in total. The van der Waals surface area contributed by atoms with Gasteiger partial charge in [0.1, 0.15) is 11.9 Å². The topological polar surface area (TPSA) is 52.0 Å². The van der Waals surface area contributed by atoms with Crippen LogP contribution in [0.2, 0.25) is 5.02 Å². The number of nitrogens with zero attached hydrogens (tertiary/aromatic N) is 3. The summed E-state index contributed by atoms with van der Waals surface area (Å²) in [6.45, 7) is 2.82. The van der Waals surface area contributed by atoms with Crippen LogP contribution in [-0.2, 0) is 0 Å². The van der Waals surface area contributed by atoms with Crippen molar-refractivity contribution in [1.82, 2.24) is 9.88 Å². The van der Waals surface area contributed by atoms with Gasteiger partial charge >= 0.3 is 0 Å². The molecule has 1 atom stereocenters. The summed E-state index contributed by atoms with van der Waals surface area (Å²) >= 11 is 6.42. The summed E-state index contributed by atoms with van der Waals surface area (Å²) in [5, 5.41) is 13.3. The van der Waals surface area contributed by atoms with Crippen LogP contribution in [-0.4, -0.2) is 29.5 Å². The van der Waals surface area contributed by atoms with Gasteiger partial charge in [-0.15, -0.1) is 0 Å². The average molecular weight is 327 g/mol. The van der Waals surface area contributed by atoms with Crippen molar-refractivity contribution in [3.8, 4) is 6.07 Å². The highest BCUT2D eigenvalue weighted by molar-refractivity contribution is 6.31. The summed E-state index contributed by atoms with van der Waals surface area (Å²) in [6.07, 6.45) is 4.13. The normalized spacial score (nSPS) is 16.0. The largest absolute Gasteiger partial charge is 0.367 e. The predicted molar refractivity (Wildman–Crippen MR) is 92.4 cm³/mol. The third-order valence-corrected chi connectivity index (χ3v) is 4.58. The number of hydrogen-bond donors (Lipinski definition) is 1. The van der Waals surface area contributed by atoms with Crippen LogP contribution in [0.4, 0.5) is 5.82 Å². The van der Waals surface area contributed by atoms with Crippen molar-refractivity contribution in [1.29, 1.82) is 5.26 Å². The van der Waals surface area contributed by atoms with Crippen LogP contribution < -0.4 is 5.32 Å². The maximum atomic E-state index is 9.19. The minimum absolute atomic E-state index is 0.180. The van der Waals surface area contributed by atoms with E-state index in [1.54, 1.807) is 18.3 Å². The van der Waals surface area contributed by atoms with E-state index < -0.39 is 0 Å². The zero-order valence-corrected chi connectivity index (χ0v) is 13.6. The van der Waals surface area contributed by atoms with E-state index in [0.717, 1.165) is 23.7 Å². The van der Waals surface area contributed by atoms with Gasteiger partial charge in [0, 0.05) is 17.8 Å². The number of halogens is 1. The molecule has 1 saturated heterocycles. The van der Waals surface area contributed by atoms with Gasteiger partial charge in [0.25, 0.3) is 0 Å². The Bertz CT molecular complexity index is 704. The average Bonchev–Trinajstić information content (AvgIpc) is 3.11. The van der Waals surface area contributed by atoms with Crippen LogP contribution in [0.15, 0.2) is 42.6 Å². The Hall–Kier alpha value is -2.09. The van der Waals surface area contributed by atoms with E-state index in [1.165, 1.54) is 12.8 Å². The monoisotopic (exact) mass is 326 g/mol. The molecule has 0 spiro atoms. The lowest BCUT2D eigenvalue weighted by Gasteiger charge is -2.29. The minimum Gasteiger partial charge on any atom is -0.367 e. The second-order valence-electron chi connectivity index (χ2n) is 5.67. The third kappa shape index (κ3) is 3.64. The van der Waals surface area contributed by atoms with E-state index in [-0.39, 0.29) is 6.04 Å². The number of aromatic nitrogens is 1. The number of likely N-dealkylation sites (tertiary alicyclic amines) is 1. The van der Waals surface area contributed by atoms with Crippen LogP contribution in [0.1, 0.15) is 30.0 Å². The lowest BCUT2D eigenvalue weighted by Crippen LogP contribution is -2.31. The van der Waals surface area contributed by atoms with Crippen LogP contribution in [0.25, 0.3) is 0 Å². The van der Waals surface area contributed by atoms with Crippen molar-refractivity contribution in [2.75, 3.05) is 25.0 Å². The molecule has 1 aromatic carbocycles. The Morgan fingerprint density at radius 3 is 2.74 bits per heavy atom. The first-order valence-electron chi connectivity index (χ1n) is 7.87. The Morgan fingerprint density at radius 1 is 1.22 bits per heavy atom. The van der Waals surface area contributed by atoms with Gasteiger partial charge in [-0.2, -0.15) is 5.26 Å². The first kappa shape index (κ1) is 15.8. The number of pyridine rings is 1. The number of anilines is 1. The standard InChI is InChI=1S/C18H19ClN4/c19-16-8-2-1-7-15(16)17(23-10-3-4-11-23)13-22-18-14(12-20)6-5-9-21-18/h1-2,5-9,17H,3-4,10-11,13H2,(H,21,22)/t17-/m0/s1. The van der Waals surface area contributed by atoms with Crippen LogP contribution in [0, 0.1) is 11.3 Å². The molecule has 0 amide bonds. The summed E-state index contributed by atoms with van der Waals surface area (Å²) in [7, 11) is 0. The summed E-state index contributed by atoms with van der Waals surface area (Å²) in [5.74, 6) is 0.631. The summed E-state index contributed by atoms with van der Waals surface area (Å²) in [6, 6.07) is 13.9. The highest BCUT2D eigenvalue weighted by Gasteiger charge is 2.25. The molecule has 1 fully saturated rings. The van der Waals surface area contributed by atoms with Gasteiger partial charge in [0.2, 0.25) is 0 Å². The molecular weight excluding hydrogens is 308 g/mol. The molecule has 5 heteroatoms.